The number of rotatable bonds is 5. The third kappa shape index (κ3) is 3.18. The molecule has 0 fully saturated rings. The first-order chi connectivity index (χ1) is 8.40. The standard InChI is InChI=1S/C10H11N3O4S/c1-2-7(6-11)18(16,17)13-9-5-3-4-8(12-9)10(14)15/h3-5,7H,2H2,1H3,(H,12,13)(H,14,15). The third-order valence-electron chi connectivity index (χ3n) is 2.10. The van der Waals surface area contributed by atoms with Gasteiger partial charge in [-0.2, -0.15) is 5.26 Å². The highest BCUT2D eigenvalue weighted by atomic mass is 32.2. The van der Waals surface area contributed by atoms with Crippen molar-refractivity contribution in [2.45, 2.75) is 18.6 Å². The summed E-state index contributed by atoms with van der Waals surface area (Å²) in [6.07, 6.45) is 0.129. The number of hydrogen-bond donors (Lipinski definition) is 2. The van der Waals surface area contributed by atoms with Crippen LogP contribution in [0, 0.1) is 11.3 Å². The van der Waals surface area contributed by atoms with Crippen LogP contribution < -0.4 is 4.72 Å². The lowest BCUT2D eigenvalue weighted by Crippen LogP contribution is -2.26. The van der Waals surface area contributed by atoms with E-state index in [1.54, 1.807) is 13.0 Å². The monoisotopic (exact) mass is 269 g/mol. The molecule has 96 valence electrons. The predicted molar refractivity (Wildman–Crippen MR) is 63.4 cm³/mol. The van der Waals surface area contributed by atoms with E-state index in [0.717, 1.165) is 0 Å². The average molecular weight is 269 g/mol. The van der Waals surface area contributed by atoms with Crippen molar-refractivity contribution >= 4 is 21.8 Å². The van der Waals surface area contributed by atoms with E-state index in [1.165, 1.54) is 18.2 Å². The van der Waals surface area contributed by atoms with Gasteiger partial charge in [0.05, 0.1) is 6.07 Å². The molecule has 0 saturated carbocycles. The van der Waals surface area contributed by atoms with Crippen LogP contribution in [0.25, 0.3) is 0 Å². The van der Waals surface area contributed by atoms with Gasteiger partial charge in [0.25, 0.3) is 0 Å². The van der Waals surface area contributed by atoms with E-state index in [1.807, 2.05) is 0 Å². The van der Waals surface area contributed by atoms with Gasteiger partial charge in [0, 0.05) is 0 Å². The van der Waals surface area contributed by atoms with Gasteiger partial charge in [0.2, 0.25) is 10.0 Å². The fourth-order valence-electron chi connectivity index (χ4n) is 1.21. The van der Waals surface area contributed by atoms with Gasteiger partial charge in [-0.3, -0.25) is 4.72 Å². The zero-order valence-corrected chi connectivity index (χ0v) is 10.3. The van der Waals surface area contributed by atoms with Crippen molar-refractivity contribution in [2.24, 2.45) is 0 Å². The zero-order valence-electron chi connectivity index (χ0n) is 9.49. The molecule has 0 bridgehead atoms. The van der Waals surface area contributed by atoms with E-state index < -0.39 is 21.2 Å². The number of pyridine rings is 1. The van der Waals surface area contributed by atoms with Crippen molar-refractivity contribution in [1.29, 1.82) is 5.26 Å². The molecule has 0 aromatic carbocycles. The Labute approximate surface area is 104 Å². The number of aromatic nitrogens is 1. The maximum atomic E-state index is 11.7. The van der Waals surface area contributed by atoms with Crippen LogP contribution in [0.5, 0.6) is 0 Å². The normalized spacial score (nSPS) is 12.4. The fraction of sp³-hybridized carbons (Fsp3) is 0.300. The predicted octanol–water partition coefficient (Wildman–Crippen LogP) is 0.824. The molecule has 0 aliphatic carbocycles. The fourth-order valence-corrected chi connectivity index (χ4v) is 2.33. The van der Waals surface area contributed by atoms with Gasteiger partial charge in [-0.1, -0.05) is 13.0 Å². The van der Waals surface area contributed by atoms with Crippen molar-refractivity contribution in [3.63, 3.8) is 0 Å². The number of anilines is 1. The van der Waals surface area contributed by atoms with Gasteiger partial charge in [0.15, 0.2) is 10.9 Å². The first kappa shape index (κ1) is 13.9. The smallest absolute Gasteiger partial charge is 0.354 e. The first-order valence-electron chi connectivity index (χ1n) is 5.02. The quantitative estimate of drug-likeness (QED) is 0.816. The second-order valence-corrected chi connectivity index (χ2v) is 5.25. The van der Waals surface area contributed by atoms with Crippen molar-refractivity contribution < 1.29 is 18.3 Å². The maximum Gasteiger partial charge on any atom is 0.354 e. The topological polar surface area (TPSA) is 120 Å². The number of carbonyl (C=O) groups is 1. The Morgan fingerprint density at radius 2 is 2.28 bits per heavy atom. The minimum absolute atomic E-state index is 0.122. The molecular formula is C10H11N3O4S. The summed E-state index contributed by atoms with van der Waals surface area (Å²) in [6.45, 7) is 1.56. The Balaban J connectivity index is 3.02. The molecular weight excluding hydrogens is 258 g/mol. The molecule has 1 atom stereocenters. The van der Waals surface area contributed by atoms with Crippen molar-refractivity contribution in [2.75, 3.05) is 4.72 Å². The summed E-state index contributed by atoms with van der Waals surface area (Å²) in [5.74, 6) is -1.38. The van der Waals surface area contributed by atoms with Crippen molar-refractivity contribution in [1.82, 2.24) is 4.98 Å². The lowest BCUT2D eigenvalue weighted by molar-refractivity contribution is 0.0690. The van der Waals surface area contributed by atoms with Crippen LogP contribution in [-0.2, 0) is 10.0 Å². The van der Waals surface area contributed by atoms with Gasteiger partial charge >= 0.3 is 5.97 Å². The molecule has 0 amide bonds. The average Bonchev–Trinajstić information content (AvgIpc) is 2.29. The molecule has 8 heteroatoms. The number of nitriles is 1. The number of sulfonamides is 1. The number of nitrogens with zero attached hydrogens (tertiary/aromatic N) is 2. The Morgan fingerprint density at radius 1 is 1.61 bits per heavy atom. The molecule has 1 rings (SSSR count). The number of aromatic carboxylic acids is 1. The van der Waals surface area contributed by atoms with Crippen LogP contribution in [-0.4, -0.2) is 29.7 Å². The zero-order chi connectivity index (χ0) is 13.8. The molecule has 18 heavy (non-hydrogen) atoms. The Kier molecular flexibility index (Phi) is 4.23. The molecule has 0 aliphatic heterocycles. The second kappa shape index (κ2) is 5.46. The van der Waals surface area contributed by atoms with Gasteiger partial charge < -0.3 is 5.11 Å². The van der Waals surface area contributed by atoms with Crippen LogP contribution in [0.15, 0.2) is 18.2 Å². The first-order valence-corrected chi connectivity index (χ1v) is 6.57. The summed E-state index contributed by atoms with van der Waals surface area (Å²) in [7, 11) is -3.88. The molecule has 0 spiro atoms. The van der Waals surface area contributed by atoms with Crippen LogP contribution in [0.3, 0.4) is 0 Å². The maximum absolute atomic E-state index is 11.7. The van der Waals surface area contributed by atoms with E-state index in [4.69, 9.17) is 10.4 Å². The SMILES string of the molecule is CCC(C#N)S(=O)(=O)Nc1cccc(C(=O)O)n1. The molecule has 1 aromatic heterocycles. The lowest BCUT2D eigenvalue weighted by Gasteiger charge is -2.10. The minimum atomic E-state index is -3.88. The largest absolute Gasteiger partial charge is 0.477 e. The summed E-state index contributed by atoms with van der Waals surface area (Å²) in [6, 6.07) is 5.57. The highest BCUT2D eigenvalue weighted by Crippen LogP contribution is 2.12. The lowest BCUT2D eigenvalue weighted by atomic mass is 10.3. The van der Waals surface area contributed by atoms with E-state index in [0.29, 0.717) is 0 Å². The van der Waals surface area contributed by atoms with Gasteiger partial charge in [-0.25, -0.2) is 18.2 Å². The van der Waals surface area contributed by atoms with E-state index in [9.17, 15) is 13.2 Å². The van der Waals surface area contributed by atoms with Gasteiger partial charge in [-0.05, 0) is 18.6 Å². The molecule has 2 N–H and O–H groups in total. The van der Waals surface area contributed by atoms with Crippen LogP contribution in [0.4, 0.5) is 5.82 Å². The van der Waals surface area contributed by atoms with Crippen molar-refractivity contribution in [3.05, 3.63) is 23.9 Å². The second-order valence-electron chi connectivity index (χ2n) is 3.39. The molecule has 0 aliphatic rings. The minimum Gasteiger partial charge on any atom is -0.477 e. The summed E-state index contributed by atoms with van der Waals surface area (Å²) in [5.41, 5.74) is -0.278. The molecule has 1 aromatic rings. The Bertz CT molecular complexity index is 591. The summed E-state index contributed by atoms with van der Waals surface area (Å²) >= 11 is 0. The summed E-state index contributed by atoms with van der Waals surface area (Å²) < 4.78 is 25.5. The van der Waals surface area contributed by atoms with Crippen molar-refractivity contribution in [3.8, 4) is 6.07 Å². The summed E-state index contributed by atoms with van der Waals surface area (Å²) in [4.78, 5) is 14.3. The van der Waals surface area contributed by atoms with E-state index >= 15 is 0 Å². The van der Waals surface area contributed by atoms with Gasteiger partial charge in [0.1, 0.15) is 5.82 Å². The van der Waals surface area contributed by atoms with E-state index in [2.05, 4.69) is 9.71 Å². The number of carboxylic acids is 1. The van der Waals surface area contributed by atoms with Crippen LogP contribution in [0.1, 0.15) is 23.8 Å². The number of carboxylic acid groups (broad SMARTS) is 1. The van der Waals surface area contributed by atoms with Crippen LogP contribution in [0.2, 0.25) is 0 Å². The highest BCUT2D eigenvalue weighted by Gasteiger charge is 2.23. The van der Waals surface area contributed by atoms with E-state index in [-0.39, 0.29) is 17.9 Å². The number of hydrogen-bond acceptors (Lipinski definition) is 5. The third-order valence-corrected chi connectivity index (χ3v) is 3.79. The molecule has 7 nitrogen and oxygen atoms in total. The molecule has 0 radical (unpaired) electrons. The molecule has 1 heterocycles. The molecule has 1 unspecified atom stereocenters. The summed E-state index contributed by atoms with van der Waals surface area (Å²) in [5, 5.41) is 16.2. The highest BCUT2D eigenvalue weighted by molar-refractivity contribution is 7.93. The number of nitrogens with one attached hydrogen (secondary N) is 1. The Hall–Kier alpha value is -2.14. The van der Waals surface area contributed by atoms with Crippen LogP contribution >= 0.6 is 0 Å². The molecule has 0 saturated heterocycles. The Morgan fingerprint density at radius 3 is 2.78 bits per heavy atom. The van der Waals surface area contributed by atoms with Gasteiger partial charge in [-0.15, -0.1) is 0 Å².